The second kappa shape index (κ2) is 26.7. The summed E-state index contributed by atoms with van der Waals surface area (Å²) in [5, 5.41) is 40.6. The van der Waals surface area contributed by atoms with Crippen LogP contribution in [0.2, 0.25) is 0 Å². The first-order valence-electron chi connectivity index (χ1n) is 30.5. The van der Waals surface area contributed by atoms with Crippen molar-refractivity contribution >= 4 is 95.4 Å². The predicted octanol–water partition coefficient (Wildman–Crippen LogP) is 16.7. The van der Waals surface area contributed by atoms with Crippen molar-refractivity contribution < 1.29 is 39.0 Å². The Labute approximate surface area is 528 Å². The number of halogens is 2. The fourth-order valence-corrected chi connectivity index (χ4v) is 11.0. The largest absolute Gasteiger partial charge is 0.505 e. The van der Waals surface area contributed by atoms with Crippen LogP contribution in [0.1, 0.15) is 252 Å². The van der Waals surface area contributed by atoms with E-state index in [2.05, 4.69) is 148 Å². The zero-order valence-electron chi connectivity index (χ0n) is 53.2. The van der Waals surface area contributed by atoms with Gasteiger partial charge in [0.1, 0.15) is 39.6 Å². The van der Waals surface area contributed by atoms with E-state index in [-0.39, 0.29) is 68.6 Å². The Bertz CT molecular complexity index is 3640. The molecule has 87 heavy (non-hydrogen) atoms. The van der Waals surface area contributed by atoms with Crippen LogP contribution in [0.4, 0.5) is 17.1 Å². The standard InChI is InChI=1S/C28H36BrN3O3.C28H36N4O3.C12H13BrN2O2/c1-8-11-12-32-25(34)18-15-21(29)22(16-19(18)26(32)35)30-31-23-14-17(27(4,5)9-2)13-20(24(23)33)28(6,7)10-3;1-8-11-12-31-25(34)18-15-21-22(16-19(18)26(31)35)30-32(29-21)23-14-17(27(4,5)9-2)13-20(24(23)33)28(6,7)10-3;1-2-3-4-15-11(16)7-5-9(13)10(14)6-8(7)12(15)17/h2*13-16,33H,8-12H2,1-7H3;5-6H,2-4,14H2,1H3. The van der Waals surface area contributed by atoms with Crippen molar-refractivity contribution in [2.75, 3.05) is 25.4 Å². The highest BCUT2D eigenvalue weighted by molar-refractivity contribution is 9.11. The lowest BCUT2D eigenvalue weighted by atomic mass is 9.76. The molecule has 3 aliphatic heterocycles. The number of phenols is 2. The average molecular weight is 1320 g/mol. The molecule has 4 heterocycles. The van der Waals surface area contributed by atoms with E-state index < -0.39 is 0 Å². The highest BCUT2D eigenvalue weighted by Gasteiger charge is 2.39. The van der Waals surface area contributed by atoms with E-state index in [0.29, 0.717) is 95.7 Å². The molecule has 0 saturated carbocycles. The van der Waals surface area contributed by atoms with Gasteiger partial charge in [-0.2, -0.15) is 0 Å². The van der Waals surface area contributed by atoms with Crippen LogP contribution >= 0.6 is 31.9 Å². The third kappa shape index (κ3) is 13.5. The lowest BCUT2D eigenvalue weighted by molar-refractivity contribution is 0.0636. The number of azo groups is 1. The molecule has 17 nitrogen and oxygen atoms in total. The lowest BCUT2D eigenvalue weighted by Crippen LogP contribution is -2.30. The van der Waals surface area contributed by atoms with E-state index in [0.717, 1.165) is 86.5 Å². The van der Waals surface area contributed by atoms with Gasteiger partial charge in [-0.1, -0.05) is 135 Å². The smallest absolute Gasteiger partial charge is 0.261 e. The number of fused-ring (bicyclic) bond motifs is 4. The summed E-state index contributed by atoms with van der Waals surface area (Å²) in [6, 6.07) is 17.7. The molecular formula is C68H85Br2N9O8. The van der Waals surface area contributed by atoms with Crippen molar-refractivity contribution in [2.45, 2.75) is 190 Å². The number of aromatic nitrogens is 3. The van der Waals surface area contributed by atoms with E-state index in [4.69, 9.17) is 5.73 Å². The van der Waals surface area contributed by atoms with Gasteiger partial charge >= 0.3 is 0 Å². The van der Waals surface area contributed by atoms with Crippen LogP contribution in [0.25, 0.3) is 16.7 Å². The molecule has 0 saturated heterocycles. The summed E-state index contributed by atoms with van der Waals surface area (Å²) >= 11 is 6.74. The third-order valence-corrected chi connectivity index (χ3v) is 19.3. The van der Waals surface area contributed by atoms with Gasteiger partial charge < -0.3 is 15.9 Å². The monoisotopic (exact) mass is 1310 g/mol. The number of nitrogen functional groups attached to an aromatic ring is 1. The van der Waals surface area contributed by atoms with E-state index in [1.54, 1.807) is 36.4 Å². The molecule has 6 amide bonds. The van der Waals surface area contributed by atoms with Gasteiger partial charge in [0.15, 0.2) is 0 Å². The first-order valence-corrected chi connectivity index (χ1v) is 32.1. The van der Waals surface area contributed by atoms with Crippen LogP contribution in [0, 0.1) is 0 Å². The van der Waals surface area contributed by atoms with Gasteiger partial charge in [-0.05, 0) is 158 Å². The quantitative estimate of drug-likeness (QED) is 0.0369. The molecule has 0 bridgehead atoms. The van der Waals surface area contributed by atoms with Crippen LogP contribution in [-0.2, 0) is 21.7 Å². The van der Waals surface area contributed by atoms with Gasteiger partial charge in [0.25, 0.3) is 35.4 Å². The number of carbonyl (C=O) groups excluding carboxylic acids is 6. The number of hydrogen-bond acceptors (Lipinski definition) is 13. The van der Waals surface area contributed by atoms with Crippen molar-refractivity contribution in [1.82, 2.24) is 29.7 Å². The van der Waals surface area contributed by atoms with Gasteiger partial charge in [0.05, 0.1) is 33.4 Å². The van der Waals surface area contributed by atoms with Crippen molar-refractivity contribution in [3.8, 4) is 17.2 Å². The van der Waals surface area contributed by atoms with Gasteiger partial charge in [-0.3, -0.25) is 43.5 Å². The van der Waals surface area contributed by atoms with Crippen LogP contribution in [0.15, 0.2) is 79.8 Å². The lowest BCUT2D eigenvalue weighted by Gasteiger charge is -2.30. The highest BCUT2D eigenvalue weighted by Crippen LogP contribution is 2.46. The average Bonchev–Trinajstić information content (AvgIpc) is 1.88. The number of phenolic OH excluding ortho intramolecular Hbond substituents is 2. The number of amides is 6. The normalized spacial score (nSPS) is 14.3. The minimum atomic E-state index is -0.302. The molecule has 0 unspecified atom stereocenters. The van der Waals surface area contributed by atoms with Crippen LogP contribution in [-0.4, -0.2) is 95.0 Å². The molecule has 4 N–H and O–H groups in total. The highest BCUT2D eigenvalue weighted by atomic mass is 79.9. The number of imide groups is 3. The topological polar surface area (TPSA) is 234 Å². The molecule has 3 aliphatic rings. The fraction of sp³-hybridized carbons (Fsp3) is 0.471. The summed E-state index contributed by atoms with van der Waals surface area (Å²) < 4.78 is 1.21. The van der Waals surface area contributed by atoms with Gasteiger partial charge in [0, 0.05) is 45.4 Å². The number of anilines is 1. The molecule has 0 atom stereocenters. The van der Waals surface area contributed by atoms with Crippen LogP contribution in [0.5, 0.6) is 11.5 Å². The first kappa shape index (κ1) is 67.4. The van der Waals surface area contributed by atoms with E-state index in [9.17, 15) is 39.0 Å². The molecule has 5 aromatic carbocycles. The molecule has 0 spiro atoms. The number of unbranched alkanes of at least 4 members (excludes halogenated alkanes) is 3. The summed E-state index contributed by atoms with van der Waals surface area (Å²) in [4.78, 5) is 80.7. The van der Waals surface area contributed by atoms with Crippen molar-refractivity contribution in [1.29, 1.82) is 0 Å². The maximum Gasteiger partial charge on any atom is 0.261 e. The minimum absolute atomic E-state index is 0.0978. The third-order valence-electron chi connectivity index (χ3n) is 18.0. The number of carbonyl (C=O) groups is 6. The van der Waals surface area contributed by atoms with Crippen molar-refractivity contribution in [3.05, 3.63) is 125 Å². The van der Waals surface area contributed by atoms with Crippen LogP contribution < -0.4 is 5.73 Å². The second-order valence-electron chi connectivity index (χ2n) is 25.4. The molecule has 0 radical (unpaired) electrons. The zero-order valence-corrected chi connectivity index (χ0v) is 56.4. The molecule has 1 aromatic heterocycles. The summed E-state index contributed by atoms with van der Waals surface area (Å²) in [5.74, 6) is -1.33. The van der Waals surface area contributed by atoms with E-state index in [1.807, 2.05) is 32.9 Å². The number of rotatable bonds is 20. The van der Waals surface area contributed by atoms with Gasteiger partial charge in [-0.15, -0.1) is 25.2 Å². The molecule has 6 aromatic rings. The van der Waals surface area contributed by atoms with Crippen molar-refractivity contribution in [3.63, 3.8) is 0 Å². The first-order chi connectivity index (χ1) is 40.9. The second-order valence-corrected chi connectivity index (χ2v) is 27.1. The summed E-state index contributed by atoms with van der Waals surface area (Å²) in [5.41, 5.74) is 14.0. The molecular weight excluding hydrogens is 1230 g/mol. The van der Waals surface area contributed by atoms with Gasteiger partial charge in [0.2, 0.25) is 0 Å². The molecule has 9 rings (SSSR count). The number of nitrogens with zero attached hydrogens (tertiary/aromatic N) is 8. The molecule has 0 aliphatic carbocycles. The zero-order chi connectivity index (χ0) is 64.4. The summed E-state index contributed by atoms with van der Waals surface area (Å²) in [6.45, 7) is 33.0. The Kier molecular flexibility index (Phi) is 20.7. The maximum absolute atomic E-state index is 12.9. The number of nitrogens with two attached hydrogens (primary N) is 1. The molecule has 464 valence electrons. The Balaban J connectivity index is 0.000000198. The fourth-order valence-electron chi connectivity index (χ4n) is 10.2. The van der Waals surface area contributed by atoms with Crippen molar-refractivity contribution in [2.24, 2.45) is 10.2 Å². The summed E-state index contributed by atoms with van der Waals surface area (Å²) in [7, 11) is 0. The number of aromatic hydroxyl groups is 2. The SMILES string of the molecule is CCCCN1C(=O)c2cc(Br)c(N=Nc3cc(C(C)(C)CC)cc(C(C)(C)CC)c3O)cc2C1=O.CCCCN1C(=O)c2cc(N)c(Br)cc2C1=O.CCCCN1C(=O)c2cc3nn(-c4cc(C(C)(C)CC)cc(C(C)(C)CC)c4O)nc3cc2C1=O. The number of hydrogen-bond donors (Lipinski definition) is 3. The minimum Gasteiger partial charge on any atom is -0.505 e. The Hall–Kier alpha value is -7.12. The Morgan fingerprint density at radius 3 is 1.18 bits per heavy atom. The summed E-state index contributed by atoms with van der Waals surface area (Å²) in [6.07, 6.45) is 8.67. The molecule has 19 heteroatoms. The maximum atomic E-state index is 12.9. The Morgan fingerprint density at radius 2 is 0.782 bits per heavy atom. The number of benzene rings is 5. The van der Waals surface area contributed by atoms with Gasteiger partial charge in [-0.25, -0.2) is 0 Å². The Morgan fingerprint density at radius 1 is 0.437 bits per heavy atom. The molecule has 0 fully saturated rings. The van der Waals surface area contributed by atoms with Crippen LogP contribution in [0.3, 0.4) is 0 Å². The van der Waals surface area contributed by atoms with E-state index in [1.165, 1.54) is 19.5 Å². The predicted molar refractivity (Wildman–Crippen MR) is 350 cm³/mol. The van der Waals surface area contributed by atoms with E-state index >= 15 is 0 Å².